The predicted molar refractivity (Wildman–Crippen MR) is 178 cm³/mol. The monoisotopic (exact) mass is 681 g/mol. The Balaban J connectivity index is 1.37. The number of alkyl halides is 4. The molecule has 0 bridgehead atoms. The van der Waals surface area contributed by atoms with Crippen molar-refractivity contribution in [3.8, 4) is 17.2 Å². The summed E-state index contributed by atoms with van der Waals surface area (Å²) >= 11 is 6.22. The van der Waals surface area contributed by atoms with E-state index in [0.29, 0.717) is 27.6 Å². The van der Waals surface area contributed by atoms with Crippen LogP contribution in [0.15, 0.2) is 91.0 Å². The summed E-state index contributed by atoms with van der Waals surface area (Å²) in [6, 6.07) is 22.3. The molecule has 0 radical (unpaired) electrons. The molecule has 5 nitrogen and oxygen atoms in total. The number of ether oxygens (including phenoxy) is 2. The van der Waals surface area contributed by atoms with Crippen LogP contribution in [-0.4, -0.2) is 29.6 Å². The first-order valence-corrected chi connectivity index (χ1v) is 16.1. The Bertz CT molecular complexity index is 1750. The maximum atomic E-state index is 13.6. The Hall–Kier alpha value is -4.34. The summed E-state index contributed by atoms with van der Waals surface area (Å²) in [6.07, 6.45) is -2.16. The fraction of sp³-hybridized carbons (Fsp3) is 0.289. The highest BCUT2D eigenvalue weighted by atomic mass is 35.5. The summed E-state index contributed by atoms with van der Waals surface area (Å²) in [4.78, 5) is 13.5. The Labute approximate surface area is 282 Å². The number of benzene rings is 4. The van der Waals surface area contributed by atoms with Crippen molar-refractivity contribution in [3.63, 3.8) is 0 Å². The second-order valence-corrected chi connectivity index (χ2v) is 12.1. The molecule has 0 aliphatic heterocycles. The number of nitrogens with one attached hydrogen (secondary N) is 1. The summed E-state index contributed by atoms with van der Waals surface area (Å²) < 4.78 is 63.1. The Morgan fingerprint density at radius 3 is 2.46 bits per heavy atom. The first kappa shape index (κ1) is 35.0. The third-order valence-electron chi connectivity index (χ3n) is 8.18. The van der Waals surface area contributed by atoms with E-state index >= 15 is 0 Å². The zero-order valence-electron chi connectivity index (χ0n) is 26.3. The summed E-state index contributed by atoms with van der Waals surface area (Å²) in [7, 11) is 0. The maximum absolute atomic E-state index is 13.6. The SMILES string of the molecule is CCc1cc(Oc2ccc(C(O)C(Cc3cccc(OC(F)(F)C(F)F)c3)NC(=O)Cc3cccc4c3C=CCCC4)cc2)ccc1Cl. The van der Waals surface area contributed by atoms with Crippen molar-refractivity contribution < 1.29 is 36.9 Å². The third-order valence-corrected chi connectivity index (χ3v) is 8.55. The van der Waals surface area contributed by atoms with E-state index in [1.165, 1.54) is 12.1 Å². The lowest BCUT2D eigenvalue weighted by Gasteiger charge is -2.26. The van der Waals surface area contributed by atoms with Gasteiger partial charge in [0.05, 0.1) is 18.6 Å². The molecule has 2 N–H and O–H groups in total. The smallest absolute Gasteiger partial charge is 0.457 e. The van der Waals surface area contributed by atoms with E-state index in [0.717, 1.165) is 54.0 Å². The number of allylic oxidation sites excluding steroid dienone is 1. The highest BCUT2D eigenvalue weighted by Crippen LogP contribution is 2.31. The van der Waals surface area contributed by atoms with Crippen molar-refractivity contribution >= 4 is 23.6 Å². The quantitative estimate of drug-likeness (QED) is 0.138. The van der Waals surface area contributed by atoms with E-state index in [1.54, 1.807) is 42.5 Å². The normalized spacial score (nSPS) is 14.2. The van der Waals surface area contributed by atoms with Crippen LogP contribution in [0.4, 0.5) is 17.6 Å². The molecule has 48 heavy (non-hydrogen) atoms. The van der Waals surface area contributed by atoms with Gasteiger partial charge in [-0.15, -0.1) is 0 Å². The molecule has 0 heterocycles. The van der Waals surface area contributed by atoms with Crippen LogP contribution >= 0.6 is 11.6 Å². The van der Waals surface area contributed by atoms with Crippen molar-refractivity contribution in [1.29, 1.82) is 0 Å². The molecule has 10 heteroatoms. The number of halogens is 5. The zero-order chi connectivity index (χ0) is 34.3. The van der Waals surface area contributed by atoms with Crippen LogP contribution < -0.4 is 14.8 Å². The Kier molecular flexibility index (Phi) is 11.4. The van der Waals surface area contributed by atoms with Gasteiger partial charge in [0.2, 0.25) is 5.91 Å². The standard InChI is InChI=1S/C38H36ClF4NO4/c1-2-25-22-30(18-19-33(25)39)47-29-16-14-27(15-17-29)36(46)34(21-24-8-6-12-31(20-24)48-38(42,43)37(40)41)44-35(45)23-28-11-7-10-26-9-4-3-5-13-32(26)28/h5-8,10-20,22,34,36-37,46H,2-4,9,21,23H2,1H3,(H,44,45). The molecule has 2 atom stereocenters. The summed E-state index contributed by atoms with van der Waals surface area (Å²) in [5.41, 5.74) is 4.80. The van der Waals surface area contributed by atoms with Crippen molar-refractivity contribution in [2.45, 2.75) is 70.1 Å². The average Bonchev–Trinajstić information content (AvgIpc) is 3.32. The van der Waals surface area contributed by atoms with Crippen molar-refractivity contribution in [2.75, 3.05) is 0 Å². The summed E-state index contributed by atoms with van der Waals surface area (Å²) in [5, 5.41) is 15.1. The van der Waals surface area contributed by atoms with E-state index in [2.05, 4.69) is 22.2 Å². The molecule has 0 spiro atoms. The second kappa shape index (κ2) is 15.7. The lowest BCUT2D eigenvalue weighted by Crippen LogP contribution is -2.41. The minimum absolute atomic E-state index is 0.0139. The van der Waals surface area contributed by atoms with Gasteiger partial charge in [-0.1, -0.05) is 73.1 Å². The molecule has 1 amide bonds. The highest BCUT2D eigenvalue weighted by molar-refractivity contribution is 6.31. The van der Waals surface area contributed by atoms with Crippen molar-refractivity contribution in [2.24, 2.45) is 0 Å². The average molecular weight is 682 g/mol. The first-order valence-electron chi connectivity index (χ1n) is 15.8. The third kappa shape index (κ3) is 8.96. The Morgan fingerprint density at radius 1 is 0.958 bits per heavy atom. The van der Waals surface area contributed by atoms with E-state index in [9.17, 15) is 27.5 Å². The predicted octanol–water partition coefficient (Wildman–Crippen LogP) is 9.28. The molecule has 0 saturated carbocycles. The molecule has 1 aliphatic carbocycles. The number of hydrogen-bond acceptors (Lipinski definition) is 4. The van der Waals surface area contributed by atoms with Crippen LogP contribution in [-0.2, 0) is 30.5 Å². The minimum atomic E-state index is -4.68. The molecule has 2 unspecified atom stereocenters. The van der Waals surface area contributed by atoms with Crippen molar-refractivity contribution in [3.05, 3.63) is 129 Å². The van der Waals surface area contributed by atoms with E-state index in [1.807, 2.05) is 31.2 Å². The van der Waals surface area contributed by atoms with Gasteiger partial charge in [0.25, 0.3) is 0 Å². The van der Waals surface area contributed by atoms with Gasteiger partial charge in [-0.3, -0.25) is 4.79 Å². The molecule has 0 saturated heterocycles. The fourth-order valence-corrected chi connectivity index (χ4v) is 5.97. The molecular formula is C38H36ClF4NO4. The molecule has 0 fully saturated rings. The van der Waals surface area contributed by atoms with Crippen molar-refractivity contribution in [1.82, 2.24) is 5.32 Å². The van der Waals surface area contributed by atoms with Gasteiger partial charge in [-0.2, -0.15) is 17.6 Å². The zero-order valence-corrected chi connectivity index (χ0v) is 27.0. The summed E-state index contributed by atoms with van der Waals surface area (Å²) in [6.45, 7) is 1.99. The van der Waals surface area contributed by atoms with Crippen LogP contribution in [0, 0.1) is 0 Å². The number of carbonyl (C=O) groups is 1. The van der Waals surface area contributed by atoms with Gasteiger partial charge in [-0.05, 0) is 108 Å². The molecule has 1 aliphatic rings. The van der Waals surface area contributed by atoms with E-state index < -0.39 is 30.4 Å². The van der Waals surface area contributed by atoms with Gasteiger partial charge >= 0.3 is 12.5 Å². The lowest BCUT2D eigenvalue weighted by molar-refractivity contribution is -0.253. The maximum Gasteiger partial charge on any atom is 0.461 e. The number of carbonyl (C=O) groups excluding carboxylic acids is 1. The number of amides is 1. The minimum Gasteiger partial charge on any atom is -0.457 e. The van der Waals surface area contributed by atoms with Gasteiger partial charge in [0.1, 0.15) is 17.2 Å². The number of hydrogen-bond donors (Lipinski definition) is 2. The Morgan fingerprint density at radius 2 is 1.71 bits per heavy atom. The van der Waals surface area contributed by atoms with Gasteiger partial charge in [-0.25, -0.2) is 0 Å². The number of aryl methyl sites for hydroxylation is 2. The van der Waals surface area contributed by atoms with E-state index in [-0.39, 0.29) is 18.7 Å². The molecule has 4 aromatic carbocycles. The largest absolute Gasteiger partial charge is 0.461 e. The molecular weight excluding hydrogens is 646 g/mol. The van der Waals surface area contributed by atoms with Crippen LogP contribution in [0.25, 0.3) is 6.08 Å². The van der Waals surface area contributed by atoms with Gasteiger partial charge in [0.15, 0.2) is 0 Å². The van der Waals surface area contributed by atoms with Crippen LogP contribution in [0.1, 0.15) is 59.3 Å². The molecule has 0 aromatic heterocycles. The molecule has 252 valence electrons. The highest BCUT2D eigenvalue weighted by Gasteiger charge is 2.44. The fourth-order valence-electron chi connectivity index (χ4n) is 5.71. The van der Waals surface area contributed by atoms with Crippen LogP contribution in [0.3, 0.4) is 0 Å². The number of aliphatic hydroxyl groups is 1. The topological polar surface area (TPSA) is 67.8 Å². The number of rotatable bonds is 13. The molecule has 5 rings (SSSR count). The number of fused-ring (bicyclic) bond motifs is 1. The molecule has 4 aromatic rings. The van der Waals surface area contributed by atoms with Gasteiger partial charge < -0.3 is 19.9 Å². The lowest BCUT2D eigenvalue weighted by atomic mass is 9.94. The summed E-state index contributed by atoms with van der Waals surface area (Å²) in [5.74, 6) is 0.295. The van der Waals surface area contributed by atoms with E-state index in [4.69, 9.17) is 16.3 Å². The van der Waals surface area contributed by atoms with Crippen LogP contribution in [0.5, 0.6) is 17.2 Å². The second-order valence-electron chi connectivity index (χ2n) is 11.7. The number of aliphatic hydroxyl groups excluding tert-OH is 1. The first-order chi connectivity index (χ1) is 23.0. The van der Waals surface area contributed by atoms with Crippen LogP contribution in [0.2, 0.25) is 5.02 Å². The van der Waals surface area contributed by atoms with Gasteiger partial charge in [0, 0.05) is 5.02 Å².